The largest absolute Gasteiger partial charge is 0.493 e. The molecule has 0 aromatic heterocycles. The number of carbonyl (C=O) groups is 2. The van der Waals surface area contributed by atoms with E-state index < -0.39 is 12.0 Å². The van der Waals surface area contributed by atoms with E-state index in [1.165, 1.54) is 7.11 Å². The first-order chi connectivity index (χ1) is 14.0. The summed E-state index contributed by atoms with van der Waals surface area (Å²) in [5.74, 6) is 0.476. The highest BCUT2D eigenvalue weighted by atomic mass is 16.5. The van der Waals surface area contributed by atoms with Gasteiger partial charge >= 0.3 is 5.97 Å². The van der Waals surface area contributed by atoms with Crippen molar-refractivity contribution < 1.29 is 23.8 Å². The van der Waals surface area contributed by atoms with Crippen molar-refractivity contribution in [2.45, 2.75) is 18.9 Å². The highest BCUT2D eigenvalue weighted by molar-refractivity contribution is 5.95. The SMILES string of the molecule is COC(=O)C[C@@H]1c2cc(OC)c(OC)cc2CCN1C(=O)c1cccc(C#N)c1. The Bertz CT molecular complexity index is 980. The van der Waals surface area contributed by atoms with Gasteiger partial charge in [0.15, 0.2) is 11.5 Å². The minimum Gasteiger partial charge on any atom is -0.493 e. The van der Waals surface area contributed by atoms with Crippen molar-refractivity contribution in [2.24, 2.45) is 0 Å². The number of hydrogen-bond acceptors (Lipinski definition) is 6. The Hall–Kier alpha value is -3.53. The summed E-state index contributed by atoms with van der Waals surface area (Å²) in [6.07, 6.45) is 0.625. The molecule has 150 valence electrons. The zero-order chi connectivity index (χ0) is 21.0. The number of nitriles is 1. The maximum Gasteiger partial charge on any atom is 0.307 e. The van der Waals surface area contributed by atoms with Crippen LogP contribution >= 0.6 is 0 Å². The number of rotatable bonds is 5. The summed E-state index contributed by atoms with van der Waals surface area (Å²) >= 11 is 0. The van der Waals surface area contributed by atoms with Gasteiger partial charge in [-0.25, -0.2) is 0 Å². The maximum absolute atomic E-state index is 13.2. The summed E-state index contributed by atoms with van der Waals surface area (Å²) in [7, 11) is 4.43. The number of esters is 1. The molecule has 1 heterocycles. The van der Waals surface area contributed by atoms with Gasteiger partial charge in [-0.2, -0.15) is 5.26 Å². The fraction of sp³-hybridized carbons (Fsp3) is 0.318. The minimum absolute atomic E-state index is 0.0165. The van der Waals surface area contributed by atoms with E-state index >= 15 is 0 Å². The third-order valence-corrected chi connectivity index (χ3v) is 5.09. The average molecular weight is 394 g/mol. The predicted molar refractivity (Wildman–Crippen MR) is 105 cm³/mol. The molecule has 1 aliphatic rings. The van der Waals surface area contributed by atoms with Crippen LogP contribution in [0.2, 0.25) is 0 Å². The summed E-state index contributed by atoms with van der Waals surface area (Å²) in [5, 5.41) is 9.13. The third-order valence-electron chi connectivity index (χ3n) is 5.09. The molecule has 3 rings (SSSR count). The molecule has 0 fully saturated rings. The number of carbonyl (C=O) groups excluding carboxylic acids is 2. The highest BCUT2D eigenvalue weighted by Crippen LogP contribution is 2.40. The lowest BCUT2D eigenvalue weighted by Crippen LogP contribution is -2.41. The Labute approximate surface area is 169 Å². The van der Waals surface area contributed by atoms with Crippen molar-refractivity contribution in [3.05, 3.63) is 58.7 Å². The van der Waals surface area contributed by atoms with Crippen LogP contribution in [0.15, 0.2) is 36.4 Å². The van der Waals surface area contributed by atoms with Crippen LogP contribution in [0.1, 0.15) is 39.5 Å². The lowest BCUT2D eigenvalue weighted by atomic mass is 9.89. The molecule has 2 aromatic rings. The van der Waals surface area contributed by atoms with Crippen LogP contribution in [-0.2, 0) is 16.0 Å². The fourth-order valence-electron chi connectivity index (χ4n) is 3.62. The molecule has 0 spiro atoms. The van der Waals surface area contributed by atoms with Crippen molar-refractivity contribution in [3.63, 3.8) is 0 Å². The van der Waals surface area contributed by atoms with Gasteiger partial charge in [-0.05, 0) is 47.9 Å². The van der Waals surface area contributed by atoms with E-state index in [0.29, 0.717) is 35.6 Å². The number of benzene rings is 2. The lowest BCUT2D eigenvalue weighted by molar-refractivity contribution is -0.141. The van der Waals surface area contributed by atoms with Crippen LogP contribution in [0.25, 0.3) is 0 Å². The molecule has 29 heavy (non-hydrogen) atoms. The first kappa shape index (κ1) is 20.2. The van der Waals surface area contributed by atoms with Crippen LogP contribution in [0, 0.1) is 11.3 Å². The molecule has 1 aliphatic heterocycles. The van der Waals surface area contributed by atoms with Gasteiger partial charge in [0.05, 0.1) is 45.4 Å². The van der Waals surface area contributed by atoms with Crippen molar-refractivity contribution >= 4 is 11.9 Å². The average Bonchev–Trinajstić information content (AvgIpc) is 2.77. The predicted octanol–water partition coefficient (Wildman–Crippen LogP) is 2.88. The highest BCUT2D eigenvalue weighted by Gasteiger charge is 2.34. The number of nitrogens with zero attached hydrogens (tertiary/aromatic N) is 2. The second kappa shape index (κ2) is 8.65. The number of methoxy groups -OCH3 is 3. The second-order valence-corrected chi connectivity index (χ2v) is 6.64. The second-order valence-electron chi connectivity index (χ2n) is 6.64. The molecule has 2 aromatic carbocycles. The van der Waals surface area contributed by atoms with E-state index in [-0.39, 0.29) is 12.3 Å². The van der Waals surface area contributed by atoms with Gasteiger partial charge in [-0.3, -0.25) is 9.59 Å². The van der Waals surface area contributed by atoms with E-state index in [9.17, 15) is 9.59 Å². The molecular weight excluding hydrogens is 372 g/mol. The zero-order valence-electron chi connectivity index (χ0n) is 16.6. The molecule has 0 saturated carbocycles. The zero-order valence-corrected chi connectivity index (χ0v) is 16.6. The molecule has 7 heteroatoms. The summed E-state index contributed by atoms with van der Waals surface area (Å²) in [4.78, 5) is 27.0. The molecule has 7 nitrogen and oxygen atoms in total. The number of ether oxygens (including phenoxy) is 3. The van der Waals surface area contributed by atoms with E-state index in [0.717, 1.165) is 11.1 Å². The molecule has 1 atom stereocenters. The van der Waals surface area contributed by atoms with Crippen LogP contribution in [-0.4, -0.2) is 44.7 Å². The Morgan fingerprint density at radius 3 is 2.52 bits per heavy atom. The Kier molecular flexibility index (Phi) is 6.03. The number of hydrogen-bond donors (Lipinski definition) is 0. The van der Waals surface area contributed by atoms with Crippen molar-refractivity contribution in [1.29, 1.82) is 5.26 Å². The molecule has 0 unspecified atom stereocenters. The number of fused-ring (bicyclic) bond motifs is 1. The Balaban J connectivity index is 2.05. The molecule has 0 bridgehead atoms. The van der Waals surface area contributed by atoms with Crippen molar-refractivity contribution in [1.82, 2.24) is 4.90 Å². The van der Waals surface area contributed by atoms with Crippen molar-refractivity contribution in [3.8, 4) is 17.6 Å². The normalized spacial score (nSPS) is 15.1. The van der Waals surface area contributed by atoms with Gasteiger partial charge in [0.1, 0.15) is 0 Å². The first-order valence-corrected chi connectivity index (χ1v) is 9.15. The van der Waals surface area contributed by atoms with E-state index in [1.54, 1.807) is 43.4 Å². The van der Waals surface area contributed by atoms with E-state index in [1.807, 2.05) is 18.2 Å². The van der Waals surface area contributed by atoms with E-state index in [4.69, 9.17) is 19.5 Å². The topological polar surface area (TPSA) is 88.9 Å². The summed E-state index contributed by atoms with van der Waals surface area (Å²) < 4.78 is 15.7. The number of amides is 1. The van der Waals surface area contributed by atoms with Gasteiger partial charge in [-0.15, -0.1) is 0 Å². The van der Waals surface area contributed by atoms with Gasteiger partial charge in [0, 0.05) is 12.1 Å². The fourth-order valence-corrected chi connectivity index (χ4v) is 3.62. The van der Waals surface area contributed by atoms with Crippen molar-refractivity contribution in [2.75, 3.05) is 27.9 Å². The first-order valence-electron chi connectivity index (χ1n) is 9.15. The lowest BCUT2D eigenvalue weighted by Gasteiger charge is -2.37. The molecule has 0 radical (unpaired) electrons. The molecule has 1 amide bonds. The molecule has 0 N–H and O–H groups in total. The minimum atomic E-state index is -0.510. The maximum atomic E-state index is 13.2. The Morgan fingerprint density at radius 2 is 1.86 bits per heavy atom. The van der Waals surface area contributed by atoms with Crippen LogP contribution in [0.3, 0.4) is 0 Å². The van der Waals surface area contributed by atoms with Gasteiger partial charge in [-0.1, -0.05) is 6.07 Å². The summed E-state index contributed by atoms with van der Waals surface area (Å²) in [5.41, 5.74) is 2.63. The van der Waals surface area contributed by atoms with Crippen LogP contribution in [0.5, 0.6) is 11.5 Å². The van der Waals surface area contributed by atoms with Crippen LogP contribution in [0.4, 0.5) is 0 Å². The molecule has 0 saturated heterocycles. The van der Waals surface area contributed by atoms with Gasteiger partial charge in [0.2, 0.25) is 0 Å². The smallest absolute Gasteiger partial charge is 0.307 e. The summed E-state index contributed by atoms with van der Waals surface area (Å²) in [6, 6.07) is 11.8. The van der Waals surface area contributed by atoms with Gasteiger partial charge < -0.3 is 19.1 Å². The Morgan fingerprint density at radius 1 is 1.14 bits per heavy atom. The monoisotopic (exact) mass is 394 g/mol. The molecular formula is C22H22N2O5. The summed E-state index contributed by atoms with van der Waals surface area (Å²) in [6.45, 7) is 0.430. The van der Waals surface area contributed by atoms with Crippen LogP contribution < -0.4 is 9.47 Å². The molecule has 0 aliphatic carbocycles. The van der Waals surface area contributed by atoms with E-state index in [2.05, 4.69) is 0 Å². The standard InChI is InChI=1S/C22H22N2O5/c1-27-19-10-15-7-8-24(22(26)16-6-4-5-14(9-16)13-23)18(12-21(25)29-3)17(15)11-20(19)28-2/h4-6,9-11,18H,7-8,12H2,1-3H3/t18-/m1/s1. The quantitative estimate of drug-likeness (QED) is 0.725. The third kappa shape index (κ3) is 4.02. The van der Waals surface area contributed by atoms with Gasteiger partial charge in [0.25, 0.3) is 5.91 Å².